The minimum Gasteiger partial charge on any atom is -0.489 e. The van der Waals surface area contributed by atoms with E-state index in [0.29, 0.717) is 17.7 Å². The molecule has 1 aromatic carbocycles. The molecule has 0 fully saturated rings. The number of nitrogens with one attached hydrogen (secondary N) is 1. The molecule has 2 aliphatic heterocycles. The second kappa shape index (κ2) is 4.12. The highest BCUT2D eigenvalue weighted by molar-refractivity contribution is 6.32. The molecule has 100 valence electrons. The minimum absolute atomic E-state index is 0.154. The maximum Gasteiger partial charge on any atom is 0.151 e. The minimum atomic E-state index is -0.303. The van der Waals surface area contributed by atoms with Crippen molar-refractivity contribution in [1.29, 1.82) is 0 Å². The number of halogens is 2. The molecule has 19 heavy (non-hydrogen) atoms. The van der Waals surface area contributed by atoms with E-state index >= 15 is 0 Å². The lowest BCUT2D eigenvalue weighted by Crippen LogP contribution is -2.19. The summed E-state index contributed by atoms with van der Waals surface area (Å²) in [5, 5.41) is 4.18. The summed E-state index contributed by atoms with van der Waals surface area (Å²) in [7, 11) is 0. The van der Waals surface area contributed by atoms with Crippen LogP contribution in [0.15, 0.2) is 6.07 Å². The fourth-order valence-electron chi connectivity index (χ4n) is 3.28. The normalized spacial score (nSPS) is 18.0. The van der Waals surface area contributed by atoms with Crippen molar-refractivity contribution in [1.82, 2.24) is 9.88 Å². The quantitative estimate of drug-likeness (QED) is 0.802. The van der Waals surface area contributed by atoms with Crippen LogP contribution in [0.2, 0.25) is 5.02 Å². The molecule has 0 saturated heterocycles. The third-order valence-corrected chi connectivity index (χ3v) is 4.34. The number of benzene rings is 1. The van der Waals surface area contributed by atoms with Crippen molar-refractivity contribution < 1.29 is 9.13 Å². The standard InChI is InChI=1S/C14H14ClFN2O/c15-9-7-11-14-12(13(9)16)8-1-3-17-4-2-10(8)18(14)5-6-19-11/h7,17H,1-6H2. The lowest BCUT2D eigenvalue weighted by molar-refractivity contribution is 0.284. The monoisotopic (exact) mass is 280 g/mol. The highest BCUT2D eigenvalue weighted by atomic mass is 35.5. The Labute approximate surface area is 115 Å². The van der Waals surface area contributed by atoms with Crippen molar-refractivity contribution in [3.8, 4) is 5.75 Å². The summed E-state index contributed by atoms with van der Waals surface area (Å²) in [5.74, 6) is 0.413. The molecule has 4 rings (SSSR count). The Balaban J connectivity index is 2.15. The molecular formula is C14H14ClFN2O. The molecule has 1 aromatic heterocycles. The van der Waals surface area contributed by atoms with E-state index < -0.39 is 0 Å². The van der Waals surface area contributed by atoms with E-state index in [-0.39, 0.29) is 10.8 Å². The van der Waals surface area contributed by atoms with Crippen LogP contribution in [0.5, 0.6) is 5.75 Å². The van der Waals surface area contributed by atoms with Gasteiger partial charge in [-0.3, -0.25) is 0 Å². The molecular weight excluding hydrogens is 267 g/mol. The zero-order valence-corrected chi connectivity index (χ0v) is 11.2. The first-order valence-electron chi connectivity index (χ1n) is 6.63. The zero-order valence-electron chi connectivity index (χ0n) is 10.4. The first-order chi connectivity index (χ1) is 9.27. The van der Waals surface area contributed by atoms with Crippen molar-refractivity contribution in [2.24, 2.45) is 0 Å². The molecule has 5 heteroatoms. The zero-order chi connectivity index (χ0) is 13.0. The molecule has 0 amide bonds. The Morgan fingerprint density at radius 2 is 2.16 bits per heavy atom. The number of hydrogen-bond acceptors (Lipinski definition) is 2. The second-order valence-electron chi connectivity index (χ2n) is 5.07. The van der Waals surface area contributed by atoms with Gasteiger partial charge in [0.2, 0.25) is 0 Å². The van der Waals surface area contributed by atoms with Gasteiger partial charge in [-0.05, 0) is 18.5 Å². The highest BCUT2D eigenvalue weighted by Gasteiger charge is 2.27. The van der Waals surface area contributed by atoms with E-state index in [0.717, 1.165) is 43.6 Å². The molecule has 0 aliphatic carbocycles. The van der Waals surface area contributed by atoms with Gasteiger partial charge in [0.05, 0.1) is 17.1 Å². The fourth-order valence-corrected chi connectivity index (χ4v) is 3.48. The van der Waals surface area contributed by atoms with Gasteiger partial charge in [0, 0.05) is 30.1 Å². The van der Waals surface area contributed by atoms with E-state index in [1.807, 2.05) is 0 Å². The highest BCUT2D eigenvalue weighted by Crippen LogP contribution is 2.40. The Morgan fingerprint density at radius 1 is 1.32 bits per heavy atom. The van der Waals surface area contributed by atoms with Crippen molar-refractivity contribution in [2.45, 2.75) is 19.4 Å². The van der Waals surface area contributed by atoms with E-state index in [2.05, 4.69) is 9.88 Å². The van der Waals surface area contributed by atoms with Gasteiger partial charge in [0.15, 0.2) is 5.82 Å². The number of nitrogens with zero attached hydrogens (tertiary/aromatic N) is 1. The molecule has 0 radical (unpaired) electrons. The van der Waals surface area contributed by atoms with Crippen molar-refractivity contribution >= 4 is 22.5 Å². The Morgan fingerprint density at radius 3 is 3.05 bits per heavy atom. The van der Waals surface area contributed by atoms with Crippen LogP contribution in [-0.4, -0.2) is 24.3 Å². The maximum absolute atomic E-state index is 14.5. The van der Waals surface area contributed by atoms with Gasteiger partial charge < -0.3 is 14.6 Å². The Hall–Kier alpha value is -1.26. The summed E-state index contributed by atoms with van der Waals surface area (Å²) in [6.45, 7) is 3.24. The number of rotatable bonds is 0. The molecule has 1 N–H and O–H groups in total. The maximum atomic E-state index is 14.5. The van der Waals surface area contributed by atoms with Gasteiger partial charge in [-0.15, -0.1) is 0 Å². The number of aromatic nitrogens is 1. The third-order valence-electron chi connectivity index (χ3n) is 4.07. The third kappa shape index (κ3) is 1.53. The topological polar surface area (TPSA) is 26.2 Å². The van der Waals surface area contributed by atoms with E-state index in [1.54, 1.807) is 6.07 Å². The molecule has 3 heterocycles. The molecule has 0 unspecified atom stereocenters. The summed E-state index contributed by atoms with van der Waals surface area (Å²) in [4.78, 5) is 0. The van der Waals surface area contributed by atoms with E-state index in [9.17, 15) is 4.39 Å². The van der Waals surface area contributed by atoms with Gasteiger partial charge in [0.25, 0.3) is 0 Å². The van der Waals surface area contributed by atoms with Crippen LogP contribution >= 0.6 is 11.6 Å². The molecule has 2 aromatic rings. The summed E-state index contributed by atoms with van der Waals surface area (Å²) in [6.07, 6.45) is 1.77. The molecule has 0 spiro atoms. The van der Waals surface area contributed by atoms with Crippen molar-refractivity contribution in [3.05, 3.63) is 28.2 Å². The average molecular weight is 281 g/mol. The molecule has 3 nitrogen and oxygen atoms in total. The van der Waals surface area contributed by atoms with Gasteiger partial charge in [-0.2, -0.15) is 0 Å². The predicted molar refractivity (Wildman–Crippen MR) is 72.7 cm³/mol. The molecule has 0 bridgehead atoms. The van der Waals surface area contributed by atoms with Crippen LogP contribution in [0.4, 0.5) is 4.39 Å². The van der Waals surface area contributed by atoms with Gasteiger partial charge in [-0.1, -0.05) is 11.6 Å². The van der Waals surface area contributed by atoms with E-state index in [1.165, 1.54) is 5.69 Å². The largest absolute Gasteiger partial charge is 0.489 e. The average Bonchev–Trinajstić information content (AvgIpc) is 2.59. The summed E-state index contributed by atoms with van der Waals surface area (Å²) < 4.78 is 22.3. The van der Waals surface area contributed by atoms with Crippen molar-refractivity contribution in [2.75, 3.05) is 19.7 Å². The molecule has 2 aliphatic rings. The second-order valence-corrected chi connectivity index (χ2v) is 5.48. The summed E-state index contributed by atoms with van der Waals surface area (Å²) >= 11 is 6.01. The van der Waals surface area contributed by atoms with Crippen LogP contribution in [0.1, 0.15) is 11.3 Å². The lowest BCUT2D eigenvalue weighted by atomic mass is 10.1. The Bertz CT molecular complexity index is 680. The van der Waals surface area contributed by atoms with Gasteiger partial charge in [-0.25, -0.2) is 4.39 Å². The van der Waals surface area contributed by atoms with Gasteiger partial charge >= 0.3 is 0 Å². The predicted octanol–water partition coefficient (Wildman–Crippen LogP) is 2.51. The van der Waals surface area contributed by atoms with Crippen LogP contribution in [0.25, 0.3) is 10.9 Å². The first kappa shape index (κ1) is 11.6. The van der Waals surface area contributed by atoms with Crippen LogP contribution in [-0.2, 0) is 19.4 Å². The van der Waals surface area contributed by atoms with Crippen LogP contribution in [0.3, 0.4) is 0 Å². The summed E-state index contributed by atoms with van der Waals surface area (Å²) in [6, 6.07) is 1.60. The van der Waals surface area contributed by atoms with Crippen molar-refractivity contribution in [3.63, 3.8) is 0 Å². The molecule has 0 saturated carbocycles. The van der Waals surface area contributed by atoms with Crippen LogP contribution < -0.4 is 10.1 Å². The number of hydrogen-bond donors (Lipinski definition) is 1. The van der Waals surface area contributed by atoms with Gasteiger partial charge in [0.1, 0.15) is 12.4 Å². The lowest BCUT2D eigenvalue weighted by Gasteiger charge is -2.19. The summed E-state index contributed by atoms with van der Waals surface area (Å²) in [5.41, 5.74) is 3.23. The fraction of sp³-hybridized carbons (Fsp3) is 0.429. The first-order valence-corrected chi connectivity index (χ1v) is 7.00. The smallest absolute Gasteiger partial charge is 0.151 e. The Kier molecular flexibility index (Phi) is 2.50. The van der Waals surface area contributed by atoms with Crippen LogP contribution in [0, 0.1) is 5.82 Å². The number of fused-ring (bicyclic) bond motifs is 3. The SMILES string of the molecule is Fc1c(Cl)cc2c3c1c1c(n3CCO2)CCNCC1. The molecule has 0 atom stereocenters. The van der Waals surface area contributed by atoms with E-state index in [4.69, 9.17) is 16.3 Å². The number of ether oxygens (including phenoxy) is 1.